The van der Waals surface area contributed by atoms with Crippen LogP contribution in [0.4, 0.5) is 0 Å². The average molecular weight is 436 g/mol. The molecule has 0 saturated carbocycles. The number of esters is 1. The van der Waals surface area contributed by atoms with Crippen LogP contribution in [0, 0.1) is 0 Å². The van der Waals surface area contributed by atoms with E-state index in [0.29, 0.717) is 36.7 Å². The number of rotatable bonds is 6. The number of carbonyl (C=O) groups excluding carboxylic acids is 3. The normalized spacial score (nSPS) is 14.2. The van der Waals surface area contributed by atoms with Crippen LogP contribution < -0.4 is 5.32 Å². The fraction of sp³-hybridized carbons (Fsp3) is 0.304. The Balaban J connectivity index is 1.35. The Bertz CT molecular complexity index is 1100. The Morgan fingerprint density at radius 2 is 1.91 bits per heavy atom. The highest BCUT2D eigenvalue weighted by atomic mass is 16.5. The molecule has 4 rings (SSSR count). The molecule has 2 amide bonds. The van der Waals surface area contributed by atoms with Gasteiger partial charge in [0.15, 0.2) is 0 Å². The van der Waals surface area contributed by atoms with Crippen molar-refractivity contribution in [2.24, 2.45) is 0 Å². The minimum absolute atomic E-state index is 0.161. The van der Waals surface area contributed by atoms with Crippen molar-refractivity contribution in [2.45, 2.75) is 25.3 Å². The van der Waals surface area contributed by atoms with Crippen LogP contribution in [0.25, 0.3) is 0 Å². The Labute approximate surface area is 184 Å². The predicted octanol–water partition coefficient (Wildman–Crippen LogP) is 2.74. The molecule has 2 N–H and O–H groups in total. The molecule has 0 unspecified atom stereocenters. The Hall–Kier alpha value is -3.88. The number of furan rings is 1. The molecule has 0 bridgehead atoms. The van der Waals surface area contributed by atoms with Crippen LogP contribution in [0.1, 0.15) is 61.4 Å². The van der Waals surface area contributed by atoms with Gasteiger partial charge in [-0.2, -0.15) is 5.10 Å². The summed E-state index contributed by atoms with van der Waals surface area (Å²) in [7, 11) is 1.30. The van der Waals surface area contributed by atoms with Gasteiger partial charge in [-0.1, -0.05) is 12.1 Å². The molecule has 32 heavy (non-hydrogen) atoms. The van der Waals surface area contributed by atoms with Crippen molar-refractivity contribution >= 4 is 17.8 Å². The summed E-state index contributed by atoms with van der Waals surface area (Å²) in [5.41, 5.74) is 1.79. The van der Waals surface area contributed by atoms with E-state index in [9.17, 15) is 14.4 Å². The second-order valence-electron chi connectivity index (χ2n) is 7.57. The van der Waals surface area contributed by atoms with Gasteiger partial charge in [-0.25, -0.2) is 4.79 Å². The van der Waals surface area contributed by atoms with Gasteiger partial charge in [0.1, 0.15) is 11.5 Å². The molecule has 2 aromatic heterocycles. The third-order valence-electron chi connectivity index (χ3n) is 5.62. The van der Waals surface area contributed by atoms with Crippen LogP contribution >= 0.6 is 0 Å². The molecular weight excluding hydrogens is 412 g/mol. The van der Waals surface area contributed by atoms with Crippen molar-refractivity contribution in [1.82, 2.24) is 20.4 Å². The molecule has 0 radical (unpaired) electrons. The summed E-state index contributed by atoms with van der Waals surface area (Å²) in [6.07, 6.45) is 3.00. The van der Waals surface area contributed by atoms with Crippen LogP contribution in [-0.4, -0.2) is 53.1 Å². The van der Waals surface area contributed by atoms with Gasteiger partial charge in [0.25, 0.3) is 11.8 Å². The number of hydrogen-bond acceptors (Lipinski definition) is 6. The van der Waals surface area contributed by atoms with Gasteiger partial charge in [0, 0.05) is 24.7 Å². The van der Waals surface area contributed by atoms with Crippen molar-refractivity contribution in [1.29, 1.82) is 0 Å². The number of aromatic amines is 1. The number of likely N-dealkylation sites (tertiary alicyclic amines) is 1. The van der Waals surface area contributed by atoms with Gasteiger partial charge in [-0.3, -0.25) is 14.7 Å². The largest absolute Gasteiger partial charge is 0.467 e. The number of hydrogen-bond donors (Lipinski definition) is 2. The topological polar surface area (TPSA) is 118 Å². The van der Waals surface area contributed by atoms with E-state index < -0.39 is 5.97 Å². The van der Waals surface area contributed by atoms with E-state index in [1.807, 2.05) is 0 Å². The van der Waals surface area contributed by atoms with Gasteiger partial charge in [-0.15, -0.1) is 0 Å². The maximum Gasteiger partial charge on any atom is 0.338 e. The highest BCUT2D eigenvalue weighted by molar-refractivity contribution is 6.05. The van der Waals surface area contributed by atoms with Gasteiger partial charge >= 0.3 is 5.97 Å². The van der Waals surface area contributed by atoms with Crippen LogP contribution in [0.3, 0.4) is 0 Å². The van der Waals surface area contributed by atoms with Crippen LogP contribution in [0.15, 0.2) is 53.1 Å². The minimum Gasteiger partial charge on any atom is -0.467 e. The number of nitrogens with zero attached hydrogens (tertiary/aromatic N) is 2. The smallest absolute Gasteiger partial charge is 0.338 e. The van der Waals surface area contributed by atoms with Crippen molar-refractivity contribution in [3.8, 4) is 0 Å². The summed E-state index contributed by atoms with van der Waals surface area (Å²) in [6, 6.07) is 12.0. The Kier molecular flexibility index (Phi) is 6.34. The molecule has 1 aromatic carbocycles. The molecule has 0 aliphatic carbocycles. The zero-order valence-corrected chi connectivity index (χ0v) is 17.7. The number of amides is 2. The van der Waals surface area contributed by atoms with Crippen molar-refractivity contribution in [2.75, 3.05) is 20.2 Å². The van der Waals surface area contributed by atoms with Crippen LogP contribution in [-0.2, 0) is 11.3 Å². The number of carbonyl (C=O) groups is 3. The molecule has 3 aromatic rings. The molecule has 3 heterocycles. The van der Waals surface area contributed by atoms with E-state index in [-0.39, 0.29) is 23.3 Å². The van der Waals surface area contributed by atoms with Crippen LogP contribution in [0.2, 0.25) is 0 Å². The lowest BCUT2D eigenvalue weighted by molar-refractivity contribution is 0.0586. The third-order valence-corrected chi connectivity index (χ3v) is 5.62. The van der Waals surface area contributed by atoms with E-state index in [4.69, 9.17) is 9.15 Å². The molecule has 1 saturated heterocycles. The van der Waals surface area contributed by atoms with Crippen LogP contribution in [0.5, 0.6) is 0 Å². The lowest BCUT2D eigenvalue weighted by Crippen LogP contribution is -2.38. The SMILES string of the molecule is COC(=O)c1ccccc1C(=O)N1CCC(c2cc(C(=O)NCc3ccco3)n[nH]2)CC1. The first-order chi connectivity index (χ1) is 15.6. The van der Waals surface area contributed by atoms with Gasteiger partial charge in [0.2, 0.25) is 0 Å². The van der Waals surface area contributed by atoms with Crippen molar-refractivity contribution in [3.05, 3.63) is 77.0 Å². The highest BCUT2D eigenvalue weighted by Gasteiger charge is 2.28. The first-order valence-corrected chi connectivity index (χ1v) is 10.4. The van der Waals surface area contributed by atoms with Gasteiger partial charge in [-0.05, 0) is 43.2 Å². The third kappa shape index (κ3) is 4.56. The summed E-state index contributed by atoms with van der Waals surface area (Å²) in [5, 5.41) is 9.86. The molecule has 0 spiro atoms. The van der Waals surface area contributed by atoms with E-state index in [2.05, 4.69) is 15.5 Å². The van der Waals surface area contributed by atoms with E-state index in [0.717, 1.165) is 18.5 Å². The predicted molar refractivity (Wildman–Crippen MR) is 114 cm³/mol. The number of H-pyrrole nitrogens is 1. The molecule has 9 heteroatoms. The van der Waals surface area contributed by atoms with Gasteiger partial charge < -0.3 is 19.4 Å². The second kappa shape index (κ2) is 9.51. The van der Waals surface area contributed by atoms with Crippen molar-refractivity contribution < 1.29 is 23.5 Å². The average Bonchev–Trinajstić information content (AvgIpc) is 3.54. The molecule has 1 aliphatic heterocycles. The molecule has 0 atom stereocenters. The minimum atomic E-state index is -0.529. The lowest BCUT2D eigenvalue weighted by atomic mass is 9.92. The standard InChI is InChI=1S/C23H24N4O5/c1-31-23(30)18-7-3-2-6-17(18)22(29)27-10-8-15(9-11-27)19-13-20(26-25-19)21(28)24-14-16-5-4-12-32-16/h2-7,12-13,15H,8-11,14H2,1H3,(H,24,28)(H,25,26). The monoisotopic (exact) mass is 436 g/mol. The van der Waals surface area contributed by atoms with E-state index >= 15 is 0 Å². The summed E-state index contributed by atoms with van der Waals surface area (Å²) in [5.74, 6) is -0.170. The number of nitrogens with one attached hydrogen (secondary N) is 2. The number of piperidine rings is 1. The summed E-state index contributed by atoms with van der Waals surface area (Å²) in [6.45, 7) is 1.37. The Morgan fingerprint density at radius 3 is 2.59 bits per heavy atom. The van der Waals surface area contributed by atoms with E-state index in [1.165, 1.54) is 7.11 Å². The summed E-state index contributed by atoms with van der Waals surface area (Å²) < 4.78 is 10.00. The van der Waals surface area contributed by atoms with Crippen molar-refractivity contribution in [3.63, 3.8) is 0 Å². The molecule has 166 valence electrons. The number of methoxy groups -OCH3 is 1. The summed E-state index contributed by atoms with van der Waals surface area (Å²) in [4.78, 5) is 39.0. The maximum absolute atomic E-state index is 13.0. The quantitative estimate of drug-likeness (QED) is 0.574. The highest BCUT2D eigenvalue weighted by Crippen LogP contribution is 2.28. The number of benzene rings is 1. The molecule has 9 nitrogen and oxygen atoms in total. The first-order valence-electron chi connectivity index (χ1n) is 10.4. The van der Waals surface area contributed by atoms with E-state index in [1.54, 1.807) is 53.6 Å². The van der Waals surface area contributed by atoms with Gasteiger partial charge in [0.05, 0.1) is 31.0 Å². The molecule has 1 aliphatic rings. The zero-order valence-electron chi connectivity index (χ0n) is 17.7. The molecular formula is C23H24N4O5. The Morgan fingerprint density at radius 1 is 1.16 bits per heavy atom. The fourth-order valence-electron chi connectivity index (χ4n) is 3.85. The summed E-state index contributed by atoms with van der Waals surface area (Å²) >= 11 is 0. The number of ether oxygens (including phenoxy) is 1. The molecule has 1 fully saturated rings. The lowest BCUT2D eigenvalue weighted by Gasteiger charge is -2.31. The second-order valence-corrected chi connectivity index (χ2v) is 7.57. The zero-order chi connectivity index (χ0) is 22.5. The maximum atomic E-state index is 13.0. The first kappa shape index (κ1) is 21.4. The fourth-order valence-corrected chi connectivity index (χ4v) is 3.85. The number of aromatic nitrogens is 2.